The summed E-state index contributed by atoms with van der Waals surface area (Å²) in [6, 6.07) is -1.50. The Bertz CT molecular complexity index is 1470. The minimum Gasteiger partial charge on any atom is -0.508 e. The molecule has 54 heavy (non-hydrogen) atoms. The number of hydrogen-bond acceptors (Lipinski definition) is 11. The van der Waals surface area contributed by atoms with E-state index >= 15 is 0 Å². The molecule has 0 unspecified atom stereocenters. The predicted octanol–water partition coefficient (Wildman–Crippen LogP) is -3.35. The van der Waals surface area contributed by atoms with Gasteiger partial charge in [-0.05, 0) is 55.7 Å². The summed E-state index contributed by atoms with van der Waals surface area (Å²) < 4.78 is 0. The Labute approximate surface area is 313 Å². The number of rotatable bonds is 23. The van der Waals surface area contributed by atoms with E-state index in [-0.39, 0.29) is 49.9 Å². The van der Waals surface area contributed by atoms with Crippen LogP contribution in [0.1, 0.15) is 59.4 Å². The van der Waals surface area contributed by atoms with Crippen LogP contribution in [0.4, 0.5) is 0 Å². The fourth-order valence-corrected chi connectivity index (χ4v) is 4.89. The number of phenols is 1. The SMILES string of the molecule is CC(C)C[C@H](NC(=O)CNC(=O)[C@H](Cc1ccc(O)cc1)NC(=O)[C@H](C)NC(=O)[C@@H](NC(=O)[C@@H](N)CO)C(C)C)C(=O)N[C@@H](CCCN=C(N)N)C(=O)O. The molecule has 6 atom stereocenters. The number of hydrogen-bond donors (Lipinski definition) is 12. The first kappa shape index (κ1) is 46.5. The van der Waals surface area contributed by atoms with Crippen LogP contribution in [0.5, 0.6) is 5.75 Å². The highest BCUT2D eigenvalue weighted by Gasteiger charge is 2.31. The zero-order chi connectivity index (χ0) is 41.1. The molecular formula is C34H56N10O10. The molecule has 0 radical (unpaired) electrons. The fourth-order valence-electron chi connectivity index (χ4n) is 4.89. The topological polar surface area (TPSA) is 343 Å². The molecule has 0 fully saturated rings. The summed E-state index contributed by atoms with van der Waals surface area (Å²) in [6.45, 7) is 7.13. The second-order valence-corrected chi connectivity index (χ2v) is 13.5. The minimum absolute atomic E-state index is 0.0148. The van der Waals surface area contributed by atoms with Gasteiger partial charge in [-0.25, -0.2) is 4.79 Å². The Morgan fingerprint density at radius 2 is 1.37 bits per heavy atom. The van der Waals surface area contributed by atoms with E-state index < -0.39 is 96.7 Å². The molecule has 0 heterocycles. The number of carbonyl (C=O) groups excluding carboxylic acids is 6. The second kappa shape index (κ2) is 23.2. The molecule has 0 spiro atoms. The normalized spacial score (nSPS) is 14.3. The van der Waals surface area contributed by atoms with Gasteiger partial charge in [-0.15, -0.1) is 0 Å². The molecule has 20 nitrogen and oxygen atoms in total. The van der Waals surface area contributed by atoms with Crippen LogP contribution in [0.25, 0.3) is 0 Å². The molecule has 0 aliphatic heterocycles. The number of aliphatic hydroxyl groups excluding tert-OH is 1. The number of phenolic OH excluding ortho intramolecular Hbond substituents is 1. The van der Waals surface area contributed by atoms with Crippen LogP contribution in [0.3, 0.4) is 0 Å². The van der Waals surface area contributed by atoms with Gasteiger partial charge in [0.05, 0.1) is 13.2 Å². The van der Waals surface area contributed by atoms with Crippen LogP contribution >= 0.6 is 0 Å². The molecule has 0 aliphatic rings. The number of aliphatic hydroxyl groups is 1. The van der Waals surface area contributed by atoms with Gasteiger partial charge in [0.1, 0.15) is 42.0 Å². The van der Waals surface area contributed by atoms with Gasteiger partial charge in [0.15, 0.2) is 5.96 Å². The Morgan fingerprint density at radius 1 is 0.759 bits per heavy atom. The summed E-state index contributed by atoms with van der Waals surface area (Å²) >= 11 is 0. The number of benzene rings is 1. The van der Waals surface area contributed by atoms with E-state index in [1.807, 2.05) is 0 Å². The Balaban J connectivity index is 3.05. The van der Waals surface area contributed by atoms with Gasteiger partial charge in [-0.1, -0.05) is 39.8 Å². The first-order valence-corrected chi connectivity index (χ1v) is 17.5. The quantitative estimate of drug-likeness (QED) is 0.0295. The van der Waals surface area contributed by atoms with Crippen LogP contribution in [0.15, 0.2) is 29.3 Å². The van der Waals surface area contributed by atoms with Crippen molar-refractivity contribution in [2.24, 2.45) is 34.0 Å². The van der Waals surface area contributed by atoms with Crippen molar-refractivity contribution in [1.29, 1.82) is 0 Å². The maximum atomic E-state index is 13.4. The van der Waals surface area contributed by atoms with Crippen molar-refractivity contribution in [3.05, 3.63) is 29.8 Å². The first-order chi connectivity index (χ1) is 25.2. The van der Waals surface area contributed by atoms with E-state index in [9.17, 15) is 43.8 Å². The number of amides is 6. The zero-order valence-corrected chi connectivity index (χ0v) is 31.3. The second-order valence-electron chi connectivity index (χ2n) is 13.5. The standard InChI is InChI=1S/C34H56N10O10/c1-17(2)13-24(31(51)42-23(33(53)54)7-6-12-38-34(36)37)41-26(47)15-39-30(50)25(14-20-8-10-21(46)11-9-20)43-28(48)19(5)40-32(52)27(18(3)4)44-29(49)22(35)16-45/h8-11,17-19,22-25,27,45-46H,6-7,12-16,35H2,1-5H3,(H,39,50)(H,40,52)(H,41,47)(H,42,51)(H,43,48)(H,44,49)(H,53,54)(H4,36,37,38)/t19-,22-,23-,24-,25-,27-/m0/s1. The number of nitrogens with zero attached hydrogens (tertiary/aromatic N) is 1. The lowest BCUT2D eigenvalue weighted by Gasteiger charge is -2.26. The molecule has 0 saturated carbocycles. The Hall–Kier alpha value is -5.50. The van der Waals surface area contributed by atoms with Crippen LogP contribution < -0.4 is 49.1 Å². The summed E-state index contributed by atoms with van der Waals surface area (Å²) in [5.74, 6) is -6.61. The van der Waals surface area contributed by atoms with Crippen LogP contribution in [-0.2, 0) is 40.0 Å². The van der Waals surface area contributed by atoms with Crippen molar-refractivity contribution >= 4 is 47.4 Å². The average Bonchev–Trinajstić information content (AvgIpc) is 3.09. The third-order valence-electron chi connectivity index (χ3n) is 7.88. The molecule has 6 amide bonds. The lowest BCUT2D eigenvalue weighted by Crippen LogP contribution is -2.59. The van der Waals surface area contributed by atoms with Crippen molar-refractivity contribution < 1.29 is 48.9 Å². The number of nitrogens with two attached hydrogens (primary N) is 3. The van der Waals surface area contributed by atoms with Gasteiger partial charge < -0.3 is 64.4 Å². The molecule has 0 saturated heterocycles. The summed E-state index contributed by atoms with van der Waals surface area (Å²) in [4.78, 5) is 93.6. The molecule has 1 rings (SSSR count). The van der Waals surface area contributed by atoms with E-state index in [1.165, 1.54) is 31.2 Å². The first-order valence-electron chi connectivity index (χ1n) is 17.5. The maximum Gasteiger partial charge on any atom is 0.326 e. The lowest BCUT2D eigenvalue weighted by molar-refractivity contribution is -0.142. The van der Waals surface area contributed by atoms with Gasteiger partial charge in [-0.3, -0.25) is 33.8 Å². The van der Waals surface area contributed by atoms with Gasteiger partial charge in [0.2, 0.25) is 35.4 Å². The summed E-state index contributed by atoms with van der Waals surface area (Å²) in [6.07, 6.45) is 0.320. The van der Waals surface area contributed by atoms with Gasteiger partial charge in [0, 0.05) is 13.0 Å². The summed E-state index contributed by atoms with van der Waals surface area (Å²) in [5, 5.41) is 43.3. The van der Waals surface area contributed by atoms with Crippen molar-refractivity contribution in [2.75, 3.05) is 19.7 Å². The number of aliphatic imine (C=N–C) groups is 1. The lowest BCUT2D eigenvalue weighted by atomic mass is 10.0. The maximum absolute atomic E-state index is 13.4. The molecule has 1 aromatic carbocycles. The molecule has 0 bridgehead atoms. The number of guanidine groups is 1. The Morgan fingerprint density at radius 3 is 1.91 bits per heavy atom. The molecule has 0 aromatic heterocycles. The van der Waals surface area contributed by atoms with Crippen molar-refractivity contribution in [3.8, 4) is 5.75 Å². The minimum atomic E-state index is -1.29. The molecule has 20 heteroatoms. The number of carboxylic acids is 1. The van der Waals surface area contributed by atoms with Crippen molar-refractivity contribution in [2.45, 2.75) is 96.6 Å². The van der Waals surface area contributed by atoms with Crippen LogP contribution in [-0.4, -0.2) is 119 Å². The average molecular weight is 765 g/mol. The van der Waals surface area contributed by atoms with Gasteiger partial charge >= 0.3 is 5.97 Å². The fraction of sp³-hybridized carbons (Fsp3) is 0.588. The molecule has 15 N–H and O–H groups in total. The van der Waals surface area contributed by atoms with E-state index in [4.69, 9.17) is 22.3 Å². The van der Waals surface area contributed by atoms with Gasteiger partial charge in [0.25, 0.3) is 0 Å². The van der Waals surface area contributed by atoms with Crippen LogP contribution in [0.2, 0.25) is 0 Å². The number of carboxylic acid groups (broad SMARTS) is 1. The van der Waals surface area contributed by atoms with Gasteiger partial charge in [-0.2, -0.15) is 0 Å². The number of aromatic hydroxyl groups is 1. The highest BCUT2D eigenvalue weighted by Crippen LogP contribution is 2.12. The van der Waals surface area contributed by atoms with E-state index in [0.29, 0.717) is 5.56 Å². The number of carbonyl (C=O) groups is 7. The predicted molar refractivity (Wildman–Crippen MR) is 197 cm³/mol. The third-order valence-corrected chi connectivity index (χ3v) is 7.88. The largest absolute Gasteiger partial charge is 0.508 e. The highest BCUT2D eigenvalue weighted by molar-refractivity contribution is 5.96. The third kappa shape index (κ3) is 17.3. The number of nitrogens with one attached hydrogen (secondary N) is 6. The van der Waals surface area contributed by atoms with E-state index in [0.717, 1.165) is 0 Å². The molecule has 0 aliphatic carbocycles. The molecular weight excluding hydrogens is 708 g/mol. The summed E-state index contributed by atoms with van der Waals surface area (Å²) in [5.41, 5.74) is 16.6. The number of aliphatic carboxylic acids is 1. The monoisotopic (exact) mass is 764 g/mol. The molecule has 1 aromatic rings. The smallest absolute Gasteiger partial charge is 0.326 e. The van der Waals surface area contributed by atoms with E-state index in [1.54, 1.807) is 27.7 Å². The highest BCUT2D eigenvalue weighted by atomic mass is 16.4. The Kier molecular flexibility index (Phi) is 20.0. The van der Waals surface area contributed by atoms with Crippen molar-refractivity contribution in [3.63, 3.8) is 0 Å². The summed E-state index contributed by atoms with van der Waals surface area (Å²) in [7, 11) is 0. The van der Waals surface area contributed by atoms with E-state index in [2.05, 4.69) is 36.9 Å². The van der Waals surface area contributed by atoms with Crippen molar-refractivity contribution in [1.82, 2.24) is 31.9 Å². The molecule has 302 valence electrons. The zero-order valence-electron chi connectivity index (χ0n) is 31.3. The van der Waals surface area contributed by atoms with Crippen LogP contribution in [0, 0.1) is 11.8 Å².